The standard InChI is InChI=1S/C30H48N4O6/c1-8-13-20(24(35)26(37)31-16-9-2)32-25(36)23-21-19(30(21,6)7)17-34(23)27(38)22(18-14-11-10-12-15-18)33-28(39)40-29(3,4)5/h9,18-23H,2,8,10-17H2,1,3-7H3,(H,31,37)(H,32,36)(H,33,39)/t19-,20?,21-,22?,23-/m0/s1. The van der Waals surface area contributed by atoms with Crippen molar-refractivity contribution in [1.29, 1.82) is 0 Å². The minimum absolute atomic E-state index is 0.0506. The van der Waals surface area contributed by atoms with Crippen LogP contribution in [0.25, 0.3) is 0 Å². The van der Waals surface area contributed by atoms with Gasteiger partial charge in [-0.05, 0) is 63.2 Å². The third kappa shape index (κ3) is 7.23. The van der Waals surface area contributed by atoms with E-state index in [0.717, 1.165) is 32.1 Å². The lowest BCUT2D eigenvalue weighted by Crippen LogP contribution is -2.59. The molecule has 40 heavy (non-hydrogen) atoms. The summed E-state index contributed by atoms with van der Waals surface area (Å²) in [6.45, 7) is 15.4. The number of alkyl carbamates (subject to hydrolysis) is 1. The van der Waals surface area contributed by atoms with E-state index in [1.165, 1.54) is 6.08 Å². The van der Waals surface area contributed by atoms with Crippen molar-refractivity contribution in [2.75, 3.05) is 13.1 Å². The highest BCUT2D eigenvalue weighted by Gasteiger charge is 2.69. The summed E-state index contributed by atoms with van der Waals surface area (Å²) in [5.74, 6) is -2.20. The zero-order valence-corrected chi connectivity index (χ0v) is 25.0. The second kappa shape index (κ2) is 12.7. The van der Waals surface area contributed by atoms with Gasteiger partial charge in [-0.25, -0.2) is 4.79 Å². The molecule has 2 saturated carbocycles. The zero-order chi connectivity index (χ0) is 29.8. The molecule has 0 aromatic rings. The number of nitrogens with one attached hydrogen (secondary N) is 3. The highest BCUT2D eigenvalue weighted by Crippen LogP contribution is 2.65. The number of carbonyl (C=O) groups excluding carboxylic acids is 5. The Morgan fingerprint density at radius 2 is 1.73 bits per heavy atom. The predicted molar refractivity (Wildman–Crippen MR) is 151 cm³/mol. The molecule has 1 aliphatic heterocycles. The number of carbonyl (C=O) groups is 5. The maximum absolute atomic E-state index is 14.1. The van der Waals surface area contributed by atoms with E-state index >= 15 is 0 Å². The first-order chi connectivity index (χ1) is 18.7. The molecule has 3 fully saturated rings. The highest BCUT2D eigenvalue weighted by molar-refractivity contribution is 6.38. The van der Waals surface area contributed by atoms with Crippen molar-refractivity contribution < 1.29 is 28.7 Å². The van der Waals surface area contributed by atoms with Gasteiger partial charge in [0.05, 0.1) is 6.04 Å². The van der Waals surface area contributed by atoms with E-state index in [1.54, 1.807) is 25.7 Å². The molecule has 0 aromatic heterocycles. The lowest BCUT2D eigenvalue weighted by atomic mass is 9.83. The molecule has 3 aliphatic rings. The molecule has 224 valence electrons. The van der Waals surface area contributed by atoms with Crippen LogP contribution in [-0.4, -0.2) is 71.3 Å². The van der Waals surface area contributed by atoms with Crippen LogP contribution in [-0.2, 0) is 23.9 Å². The van der Waals surface area contributed by atoms with Crippen LogP contribution < -0.4 is 16.0 Å². The topological polar surface area (TPSA) is 134 Å². The van der Waals surface area contributed by atoms with Gasteiger partial charge in [0.25, 0.3) is 5.91 Å². The van der Waals surface area contributed by atoms with Crippen LogP contribution in [0.15, 0.2) is 12.7 Å². The minimum Gasteiger partial charge on any atom is -0.444 e. The lowest BCUT2D eigenvalue weighted by Gasteiger charge is -2.37. The van der Waals surface area contributed by atoms with Gasteiger partial charge in [-0.2, -0.15) is 0 Å². The van der Waals surface area contributed by atoms with Crippen LogP contribution >= 0.6 is 0 Å². The summed E-state index contributed by atoms with van der Waals surface area (Å²) in [5.41, 5.74) is -0.853. The molecule has 1 heterocycles. The number of hydrogen-bond acceptors (Lipinski definition) is 6. The second-order valence-electron chi connectivity index (χ2n) is 13.1. The molecule has 0 aromatic carbocycles. The molecular formula is C30H48N4O6. The molecule has 3 rings (SSSR count). The molecule has 4 amide bonds. The van der Waals surface area contributed by atoms with Gasteiger partial charge in [-0.1, -0.05) is 52.5 Å². The Kier molecular flexibility index (Phi) is 10.1. The van der Waals surface area contributed by atoms with Gasteiger partial charge in [-0.3, -0.25) is 19.2 Å². The monoisotopic (exact) mass is 560 g/mol. The third-order valence-corrected chi connectivity index (χ3v) is 8.66. The Labute approximate surface area is 238 Å². The SMILES string of the molecule is C=CCNC(=O)C(=O)C(CCC)NC(=O)[C@@H]1[C@@H]2[C@H](CN1C(=O)C(NC(=O)OC(C)(C)C)C1CCCCC1)C2(C)C. The van der Waals surface area contributed by atoms with Gasteiger partial charge in [0, 0.05) is 13.1 Å². The zero-order valence-electron chi connectivity index (χ0n) is 25.0. The van der Waals surface area contributed by atoms with Gasteiger partial charge in [0.15, 0.2) is 0 Å². The third-order valence-electron chi connectivity index (χ3n) is 8.66. The van der Waals surface area contributed by atoms with Crippen LogP contribution in [0.5, 0.6) is 0 Å². The van der Waals surface area contributed by atoms with E-state index in [-0.39, 0.29) is 35.6 Å². The fraction of sp³-hybridized carbons (Fsp3) is 0.767. The van der Waals surface area contributed by atoms with Crippen molar-refractivity contribution in [2.24, 2.45) is 23.2 Å². The van der Waals surface area contributed by atoms with Gasteiger partial charge in [0.1, 0.15) is 17.7 Å². The average Bonchev–Trinajstić information content (AvgIpc) is 3.21. The number of Topliss-reactive ketones (excluding diaryl/α,β-unsaturated/α-hetero) is 1. The number of nitrogens with zero attached hydrogens (tertiary/aromatic N) is 1. The minimum atomic E-state index is -0.991. The van der Waals surface area contributed by atoms with Crippen LogP contribution in [0.1, 0.15) is 86.5 Å². The quantitative estimate of drug-likeness (QED) is 0.263. The van der Waals surface area contributed by atoms with Crippen LogP contribution in [0, 0.1) is 23.2 Å². The molecule has 2 unspecified atom stereocenters. The average molecular weight is 561 g/mol. The first-order valence-electron chi connectivity index (χ1n) is 14.8. The Morgan fingerprint density at radius 3 is 2.30 bits per heavy atom. The molecule has 0 radical (unpaired) electrons. The molecule has 2 aliphatic carbocycles. The number of amides is 4. The largest absolute Gasteiger partial charge is 0.444 e. The van der Waals surface area contributed by atoms with Gasteiger partial charge in [0.2, 0.25) is 17.6 Å². The predicted octanol–water partition coefficient (Wildman–Crippen LogP) is 3.10. The number of piperidine rings is 1. The summed E-state index contributed by atoms with van der Waals surface area (Å²) in [7, 11) is 0. The highest BCUT2D eigenvalue weighted by atomic mass is 16.6. The lowest BCUT2D eigenvalue weighted by molar-refractivity contribution is -0.145. The van der Waals surface area contributed by atoms with Gasteiger partial charge >= 0.3 is 6.09 Å². The van der Waals surface area contributed by atoms with Crippen LogP contribution in [0.4, 0.5) is 4.79 Å². The van der Waals surface area contributed by atoms with Crippen molar-refractivity contribution in [3.8, 4) is 0 Å². The normalized spacial score (nSPS) is 25.1. The summed E-state index contributed by atoms with van der Waals surface area (Å²) in [6.07, 6.45) is 6.36. The molecule has 0 spiro atoms. The smallest absolute Gasteiger partial charge is 0.408 e. The summed E-state index contributed by atoms with van der Waals surface area (Å²) in [6, 6.07) is -2.58. The summed E-state index contributed by atoms with van der Waals surface area (Å²) in [5, 5.41) is 8.13. The molecule has 0 bridgehead atoms. The Morgan fingerprint density at radius 1 is 1.07 bits per heavy atom. The van der Waals surface area contributed by atoms with E-state index in [1.807, 2.05) is 6.92 Å². The number of fused-ring (bicyclic) bond motifs is 1. The van der Waals surface area contributed by atoms with E-state index in [0.29, 0.717) is 19.4 Å². The summed E-state index contributed by atoms with van der Waals surface area (Å²) < 4.78 is 5.48. The van der Waals surface area contributed by atoms with E-state index < -0.39 is 47.4 Å². The molecule has 1 saturated heterocycles. The van der Waals surface area contributed by atoms with Crippen molar-refractivity contribution in [1.82, 2.24) is 20.9 Å². The Balaban J connectivity index is 1.83. The van der Waals surface area contributed by atoms with Gasteiger partial charge < -0.3 is 25.6 Å². The fourth-order valence-corrected chi connectivity index (χ4v) is 6.50. The first kappa shape index (κ1) is 31.6. The van der Waals surface area contributed by atoms with Crippen molar-refractivity contribution in [3.05, 3.63) is 12.7 Å². The molecule has 5 atom stereocenters. The maximum Gasteiger partial charge on any atom is 0.408 e. The number of likely N-dealkylation sites (tertiary alicyclic amines) is 1. The van der Waals surface area contributed by atoms with Crippen molar-refractivity contribution in [2.45, 2.75) is 110 Å². The second-order valence-corrected chi connectivity index (χ2v) is 13.1. The maximum atomic E-state index is 14.1. The molecule has 10 nitrogen and oxygen atoms in total. The molecule has 3 N–H and O–H groups in total. The molecule has 10 heteroatoms. The number of ether oxygens (including phenoxy) is 1. The Bertz CT molecular complexity index is 997. The van der Waals surface area contributed by atoms with E-state index in [4.69, 9.17) is 4.74 Å². The first-order valence-corrected chi connectivity index (χ1v) is 14.8. The fourth-order valence-electron chi connectivity index (χ4n) is 6.50. The molecular weight excluding hydrogens is 512 g/mol. The number of hydrogen-bond donors (Lipinski definition) is 3. The number of rotatable bonds is 11. The van der Waals surface area contributed by atoms with E-state index in [9.17, 15) is 24.0 Å². The number of ketones is 1. The summed E-state index contributed by atoms with van der Waals surface area (Å²) in [4.78, 5) is 67.6. The summed E-state index contributed by atoms with van der Waals surface area (Å²) >= 11 is 0. The van der Waals surface area contributed by atoms with Crippen molar-refractivity contribution in [3.63, 3.8) is 0 Å². The Hall–Kier alpha value is -2.91. The van der Waals surface area contributed by atoms with Crippen molar-refractivity contribution >= 4 is 29.6 Å². The van der Waals surface area contributed by atoms with Gasteiger partial charge in [-0.15, -0.1) is 6.58 Å². The van der Waals surface area contributed by atoms with Crippen LogP contribution in [0.2, 0.25) is 0 Å². The van der Waals surface area contributed by atoms with Crippen LogP contribution in [0.3, 0.4) is 0 Å². The van der Waals surface area contributed by atoms with E-state index in [2.05, 4.69) is 36.4 Å².